The number of nitrogens with zero attached hydrogens (tertiary/aromatic N) is 1. The molecule has 0 radical (unpaired) electrons. The number of ether oxygens (including phenoxy) is 1. The van der Waals surface area contributed by atoms with Crippen molar-refractivity contribution in [3.05, 3.63) is 77.2 Å². The molecule has 0 bridgehead atoms. The molecule has 3 aromatic rings. The van der Waals surface area contributed by atoms with E-state index in [4.69, 9.17) is 4.74 Å². The van der Waals surface area contributed by atoms with E-state index in [0.717, 1.165) is 10.8 Å². The van der Waals surface area contributed by atoms with Crippen LogP contribution in [-0.2, 0) is 9.84 Å². The predicted octanol–water partition coefficient (Wildman–Crippen LogP) is 4.19. The third-order valence-electron chi connectivity index (χ3n) is 3.88. The molecule has 25 heavy (non-hydrogen) atoms. The summed E-state index contributed by atoms with van der Waals surface area (Å²) in [4.78, 5) is -0.240. The maximum atomic E-state index is 12.8. The van der Waals surface area contributed by atoms with Gasteiger partial charge in [-0.3, -0.25) is 0 Å². The lowest BCUT2D eigenvalue weighted by molar-refractivity contribution is 0.414. The molecule has 3 aromatic carbocycles. The van der Waals surface area contributed by atoms with Gasteiger partial charge in [0.05, 0.1) is 12.0 Å². The highest BCUT2D eigenvalue weighted by Crippen LogP contribution is 2.31. The Hall–Kier alpha value is -3.10. The Morgan fingerprint density at radius 2 is 1.68 bits per heavy atom. The molecule has 0 aliphatic heterocycles. The molecular formula is C20H15NO3S. The van der Waals surface area contributed by atoms with Gasteiger partial charge in [0.25, 0.3) is 0 Å². The van der Waals surface area contributed by atoms with Crippen LogP contribution in [-0.4, -0.2) is 15.5 Å². The van der Waals surface area contributed by atoms with E-state index in [9.17, 15) is 13.7 Å². The molecule has 0 aromatic heterocycles. The Balaban J connectivity index is 2.26. The van der Waals surface area contributed by atoms with Gasteiger partial charge >= 0.3 is 0 Å². The van der Waals surface area contributed by atoms with Gasteiger partial charge in [0, 0.05) is 5.56 Å². The summed E-state index contributed by atoms with van der Waals surface area (Å²) in [5.41, 5.74) is 0.566. The minimum Gasteiger partial charge on any atom is -0.496 e. The summed E-state index contributed by atoms with van der Waals surface area (Å²) in [6, 6.07) is 20.9. The highest BCUT2D eigenvalue weighted by atomic mass is 32.2. The first-order valence-corrected chi connectivity index (χ1v) is 9.04. The zero-order valence-electron chi connectivity index (χ0n) is 13.5. The van der Waals surface area contributed by atoms with Crippen LogP contribution in [0.15, 0.2) is 76.5 Å². The number of methoxy groups -OCH3 is 1. The predicted molar refractivity (Wildman–Crippen MR) is 97.7 cm³/mol. The van der Waals surface area contributed by atoms with Crippen molar-refractivity contribution in [2.24, 2.45) is 0 Å². The minimum absolute atomic E-state index is 0.0852. The van der Waals surface area contributed by atoms with Gasteiger partial charge in [0.1, 0.15) is 16.7 Å². The molecule has 3 rings (SSSR count). The number of benzene rings is 3. The van der Waals surface area contributed by atoms with E-state index in [1.165, 1.54) is 25.3 Å². The molecule has 0 fully saturated rings. The van der Waals surface area contributed by atoms with Crippen LogP contribution in [0.3, 0.4) is 0 Å². The quantitative estimate of drug-likeness (QED) is 0.663. The molecule has 0 unspecified atom stereocenters. The van der Waals surface area contributed by atoms with Crippen LogP contribution in [0, 0.1) is 11.3 Å². The molecule has 124 valence electrons. The van der Waals surface area contributed by atoms with Crippen LogP contribution < -0.4 is 4.74 Å². The lowest BCUT2D eigenvalue weighted by atomic mass is 10.0. The van der Waals surface area contributed by atoms with Crippen molar-refractivity contribution in [3.63, 3.8) is 0 Å². The monoisotopic (exact) mass is 349 g/mol. The maximum absolute atomic E-state index is 12.8. The van der Waals surface area contributed by atoms with Crippen molar-refractivity contribution >= 4 is 26.7 Å². The summed E-state index contributed by atoms with van der Waals surface area (Å²) in [5, 5.41) is 11.2. The first-order valence-electron chi connectivity index (χ1n) is 7.55. The summed E-state index contributed by atoms with van der Waals surface area (Å²) in [5.74, 6) is 0.509. The largest absolute Gasteiger partial charge is 0.496 e. The second-order valence-corrected chi connectivity index (χ2v) is 7.26. The number of hydrogen-bond acceptors (Lipinski definition) is 4. The van der Waals surface area contributed by atoms with Crippen molar-refractivity contribution in [3.8, 4) is 11.8 Å². The summed E-state index contributed by atoms with van der Waals surface area (Å²) in [7, 11) is -2.39. The van der Waals surface area contributed by atoms with E-state index >= 15 is 0 Å². The zero-order valence-corrected chi connectivity index (χ0v) is 14.3. The number of hydrogen-bond donors (Lipinski definition) is 0. The van der Waals surface area contributed by atoms with Gasteiger partial charge in [-0.1, -0.05) is 48.5 Å². The Kier molecular flexibility index (Phi) is 4.55. The standard InChI is InChI=1S/C20H15NO3S/c1-24-20-12-11-15-7-5-6-10-18(15)19(20)13-17(14-21)25(22,23)16-8-3-2-4-9-16/h2-13H,1H3/b17-13+. The zero-order chi connectivity index (χ0) is 17.9. The Labute approximate surface area is 146 Å². The summed E-state index contributed by atoms with van der Waals surface area (Å²) in [6.07, 6.45) is 1.38. The maximum Gasteiger partial charge on any atom is 0.216 e. The van der Waals surface area contributed by atoms with Crippen LogP contribution in [0.1, 0.15) is 5.56 Å². The van der Waals surface area contributed by atoms with Crippen LogP contribution in [0.4, 0.5) is 0 Å². The van der Waals surface area contributed by atoms with Gasteiger partial charge in [-0.05, 0) is 35.0 Å². The van der Waals surface area contributed by atoms with E-state index in [0.29, 0.717) is 11.3 Å². The van der Waals surface area contributed by atoms with Crippen molar-refractivity contribution in [2.75, 3.05) is 7.11 Å². The highest BCUT2D eigenvalue weighted by Gasteiger charge is 2.21. The third-order valence-corrected chi connectivity index (χ3v) is 5.56. The van der Waals surface area contributed by atoms with Crippen molar-refractivity contribution < 1.29 is 13.2 Å². The van der Waals surface area contributed by atoms with E-state index in [2.05, 4.69) is 0 Å². The number of nitriles is 1. The van der Waals surface area contributed by atoms with Gasteiger partial charge in [0.2, 0.25) is 9.84 Å². The fraction of sp³-hybridized carbons (Fsp3) is 0.0500. The topological polar surface area (TPSA) is 67.2 Å². The molecule has 5 heteroatoms. The second-order valence-electron chi connectivity index (χ2n) is 5.34. The molecule has 0 N–H and O–H groups in total. The average Bonchev–Trinajstić information content (AvgIpc) is 2.66. The van der Waals surface area contributed by atoms with Crippen LogP contribution in [0.5, 0.6) is 5.75 Å². The second kappa shape index (κ2) is 6.80. The van der Waals surface area contributed by atoms with Crippen LogP contribution in [0.2, 0.25) is 0 Å². The first-order chi connectivity index (χ1) is 12.1. The molecule has 0 atom stereocenters. The van der Waals surface area contributed by atoms with E-state index < -0.39 is 9.84 Å². The molecule has 4 nitrogen and oxygen atoms in total. The minimum atomic E-state index is -3.90. The smallest absolute Gasteiger partial charge is 0.216 e. The average molecular weight is 349 g/mol. The van der Waals surface area contributed by atoms with Gasteiger partial charge in [-0.15, -0.1) is 0 Å². The molecule has 0 spiro atoms. The van der Waals surface area contributed by atoms with E-state index in [1.807, 2.05) is 36.4 Å². The van der Waals surface area contributed by atoms with Gasteiger partial charge in [-0.2, -0.15) is 5.26 Å². The molecular weight excluding hydrogens is 334 g/mol. The molecule has 0 saturated carbocycles. The number of fused-ring (bicyclic) bond motifs is 1. The SMILES string of the molecule is COc1ccc2ccccc2c1/C=C(\C#N)S(=O)(=O)c1ccccc1. The Morgan fingerprint density at radius 1 is 1.00 bits per heavy atom. The fourth-order valence-corrected chi connectivity index (χ4v) is 3.79. The third kappa shape index (κ3) is 3.12. The van der Waals surface area contributed by atoms with Gasteiger partial charge in [-0.25, -0.2) is 8.42 Å². The fourth-order valence-electron chi connectivity index (χ4n) is 2.63. The number of rotatable bonds is 4. The Morgan fingerprint density at radius 3 is 2.36 bits per heavy atom. The normalized spacial score (nSPS) is 11.9. The summed E-state index contributed by atoms with van der Waals surface area (Å²) >= 11 is 0. The lowest BCUT2D eigenvalue weighted by Crippen LogP contribution is -2.03. The molecule has 0 amide bonds. The van der Waals surface area contributed by atoms with E-state index in [-0.39, 0.29) is 9.80 Å². The van der Waals surface area contributed by atoms with E-state index in [1.54, 1.807) is 24.3 Å². The number of sulfone groups is 1. The molecule has 0 heterocycles. The number of allylic oxidation sites excluding steroid dienone is 1. The lowest BCUT2D eigenvalue weighted by Gasteiger charge is -2.10. The van der Waals surface area contributed by atoms with Gasteiger partial charge < -0.3 is 4.74 Å². The highest BCUT2D eigenvalue weighted by molar-refractivity contribution is 7.95. The Bertz CT molecular complexity index is 1090. The molecule has 0 saturated heterocycles. The summed E-state index contributed by atoms with van der Waals surface area (Å²) in [6.45, 7) is 0. The van der Waals surface area contributed by atoms with Gasteiger partial charge in [0.15, 0.2) is 0 Å². The van der Waals surface area contributed by atoms with Crippen molar-refractivity contribution in [1.82, 2.24) is 0 Å². The van der Waals surface area contributed by atoms with Crippen LogP contribution in [0.25, 0.3) is 16.8 Å². The molecule has 0 aliphatic carbocycles. The molecule has 0 aliphatic rings. The van der Waals surface area contributed by atoms with Crippen molar-refractivity contribution in [1.29, 1.82) is 5.26 Å². The summed E-state index contributed by atoms with van der Waals surface area (Å²) < 4.78 is 30.9. The van der Waals surface area contributed by atoms with Crippen LogP contribution >= 0.6 is 0 Å². The van der Waals surface area contributed by atoms with Crippen molar-refractivity contribution in [2.45, 2.75) is 4.90 Å². The first kappa shape index (κ1) is 16.7.